The Balaban J connectivity index is 0.00000676. The molecule has 0 bridgehead atoms. The minimum atomic E-state index is 0. The summed E-state index contributed by atoms with van der Waals surface area (Å²) in [4.78, 5) is 4.69. The molecule has 7 heteroatoms. The number of halogens is 1. The number of thioether (sulfide) groups is 1. The average molecular weight is 509 g/mol. The van der Waals surface area contributed by atoms with E-state index in [0.717, 1.165) is 42.5 Å². The van der Waals surface area contributed by atoms with Gasteiger partial charge in [-0.15, -0.1) is 24.0 Å². The van der Waals surface area contributed by atoms with E-state index in [2.05, 4.69) is 41.8 Å². The van der Waals surface area contributed by atoms with Gasteiger partial charge in [-0.05, 0) is 70.2 Å². The largest absolute Gasteiger partial charge is 0.490 e. The third-order valence-electron chi connectivity index (χ3n) is 3.79. The molecule has 2 N–H and O–H groups in total. The van der Waals surface area contributed by atoms with E-state index in [0.29, 0.717) is 13.2 Å². The molecule has 0 aromatic heterocycles. The first-order chi connectivity index (χ1) is 12.7. The predicted molar refractivity (Wildman–Crippen MR) is 129 cm³/mol. The average Bonchev–Trinajstić information content (AvgIpc) is 2.63. The van der Waals surface area contributed by atoms with E-state index < -0.39 is 0 Å². The van der Waals surface area contributed by atoms with Crippen molar-refractivity contribution >= 4 is 41.7 Å². The molecule has 0 saturated carbocycles. The van der Waals surface area contributed by atoms with Gasteiger partial charge in [0.2, 0.25) is 0 Å². The lowest BCUT2D eigenvalue weighted by Crippen LogP contribution is -2.38. The number of benzene rings is 1. The number of nitrogens with one attached hydrogen (secondary N) is 2. The lowest BCUT2D eigenvalue weighted by molar-refractivity contribution is 0.287. The molecule has 0 aliphatic heterocycles. The minimum absolute atomic E-state index is 0. The molecule has 27 heavy (non-hydrogen) atoms. The topological polar surface area (TPSA) is 54.9 Å². The van der Waals surface area contributed by atoms with Gasteiger partial charge in [0.25, 0.3) is 0 Å². The van der Waals surface area contributed by atoms with Crippen LogP contribution in [0.25, 0.3) is 0 Å². The highest BCUT2D eigenvalue weighted by atomic mass is 127. The van der Waals surface area contributed by atoms with E-state index >= 15 is 0 Å². The molecule has 1 atom stereocenters. The van der Waals surface area contributed by atoms with E-state index in [-0.39, 0.29) is 30.0 Å². The van der Waals surface area contributed by atoms with Crippen molar-refractivity contribution in [1.82, 2.24) is 10.6 Å². The zero-order valence-electron chi connectivity index (χ0n) is 17.3. The highest BCUT2D eigenvalue weighted by molar-refractivity contribution is 14.0. The standard InChI is InChI=1S/C20H35N3O2S.HI/c1-6-21-20(22-13-9-10-14-26-5)23-16(4)17-11-12-18(24-7-2)19(15-17)25-8-3;/h11-12,15-16H,6-10,13-14H2,1-5H3,(H2,21,22,23);1H. The Morgan fingerprint density at radius 2 is 1.81 bits per heavy atom. The fraction of sp³-hybridized carbons (Fsp3) is 0.650. The Bertz CT molecular complexity index is 544. The maximum Gasteiger partial charge on any atom is 0.191 e. The lowest BCUT2D eigenvalue weighted by atomic mass is 10.1. The van der Waals surface area contributed by atoms with Crippen LogP contribution in [0.3, 0.4) is 0 Å². The maximum absolute atomic E-state index is 5.73. The molecular formula is C20H36IN3O2S. The van der Waals surface area contributed by atoms with Gasteiger partial charge in [0.15, 0.2) is 17.5 Å². The van der Waals surface area contributed by atoms with E-state index in [1.807, 2.05) is 37.7 Å². The van der Waals surface area contributed by atoms with Crippen molar-refractivity contribution in [1.29, 1.82) is 0 Å². The fourth-order valence-electron chi connectivity index (χ4n) is 2.49. The summed E-state index contributed by atoms with van der Waals surface area (Å²) >= 11 is 1.89. The van der Waals surface area contributed by atoms with E-state index in [1.165, 1.54) is 12.2 Å². The van der Waals surface area contributed by atoms with E-state index in [1.54, 1.807) is 0 Å². The first kappa shape index (κ1) is 26.2. The number of rotatable bonds is 12. The van der Waals surface area contributed by atoms with Crippen LogP contribution in [0.1, 0.15) is 52.1 Å². The zero-order chi connectivity index (χ0) is 19.2. The normalized spacial score (nSPS) is 12.1. The third-order valence-corrected chi connectivity index (χ3v) is 4.49. The SMILES string of the molecule is CCNC(=NCCCCSC)NC(C)c1ccc(OCC)c(OCC)c1.I. The van der Waals surface area contributed by atoms with Crippen molar-refractivity contribution in [3.63, 3.8) is 0 Å². The molecule has 0 aliphatic rings. The third kappa shape index (κ3) is 10.3. The summed E-state index contributed by atoms with van der Waals surface area (Å²) in [6, 6.07) is 6.23. The van der Waals surface area contributed by atoms with Crippen LogP contribution in [0, 0.1) is 0 Å². The predicted octanol–water partition coefficient (Wildman–Crippen LogP) is 4.86. The number of unbranched alkanes of at least 4 members (excludes halogenated alkanes) is 1. The van der Waals surface area contributed by atoms with Gasteiger partial charge in [0.1, 0.15) is 0 Å². The number of hydrogen-bond acceptors (Lipinski definition) is 4. The van der Waals surface area contributed by atoms with Crippen molar-refractivity contribution < 1.29 is 9.47 Å². The molecule has 156 valence electrons. The molecule has 1 unspecified atom stereocenters. The number of aliphatic imine (C=N–C) groups is 1. The fourth-order valence-corrected chi connectivity index (χ4v) is 2.99. The Morgan fingerprint density at radius 3 is 2.44 bits per heavy atom. The molecule has 0 saturated heterocycles. The maximum atomic E-state index is 5.73. The molecule has 0 heterocycles. The Kier molecular flexibility index (Phi) is 15.7. The molecule has 0 aliphatic carbocycles. The van der Waals surface area contributed by atoms with Gasteiger partial charge in [-0.25, -0.2) is 0 Å². The van der Waals surface area contributed by atoms with Crippen molar-refractivity contribution in [2.24, 2.45) is 4.99 Å². The molecule has 1 rings (SSSR count). The second kappa shape index (κ2) is 16.2. The van der Waals surface area contributed by atoms with Crippen LogP contribution < -0.4 is 20.1 Å². The molecule has 0 spiro atoms. The lowest BCUT2D eigenvalue weighted by Gasteiger charge is -2.20. The summed E-state index contributed by atoms with van der Waals surface area (Å²) in [6.45, 7) is 11.1. The molecule has 1 aromatic carbocycles. The van der Waals surface area contributed by atoms with E-state index in [9.17, 15) is 0 Å². The van der Waals surface area contributed by atoms with Gasteiger partial charge < -0.3 is 20.1 Å². The first-order valence-corrected chi connectivity index (χ1v) is 11.0. The van der Waals surface area contributed by atoms with Crippen LogP contribution in [0.4, 0.5) is 0 Å². The van der Waals surface area contributed by atoms with Crippen LogP contribution in [-0.4, -0.2) is 44.3 Å². The summed E-state index contributed by atoms with van der Waals surface area (Å²) < 4.78 is 11.4. The number of ether oxygens (including phenoxy) is 2. The van der Waals surface area contributed by atoms with Crippen LogP contribution >= 0.6 is 35.7 Å². The summed E-state index contributed by atoms with van der Waals surface area (Å²) in [5.74, 6) is 3.64. The van der Waals surface area contributed by atoms with Crippen LogP contribution in [0.2, 0.25) is 0 Å². The van der Waals surface area contributed by atoms with Crippen molar-refractivity contribution in [3.05, 3.63) is 23.8 Å². The molecule has 1 aromatic rings. The van der Waals surface area contributed by atoms with Crippen LogP contribution in [0.15, 0.2) is 23.2 Å². The first-order valence-electron chi connectivity index (χ1n) is 9.59. The van der Waals surface area contributed by atoms with Crippen molar-refractivity contribution in [3.8, 4) is 11.5 Å². The molecule has 5 nitrogen and oxygen atoms in total. The van der Waals surface area contributed by atoms with E-state index in [4.69, 9.17) is 9.47 Å². The highest BCUT2D eigenvalue weighted by Crippen LogP contribution is 2.30. The van der Waals surface area contributed by atoms with Crippen LogP contribution in [0.5, 0.6) is 11.5 Å². The second-order valence-electron chi connectivity index (χ2n) is 5.90. The number of nitrogens with zero attached hydrogens (tertiary/aromatic N) is 1. The smallest absolute Gasteiger partial charge is 0.191 e. The van der Waals surface area contributed by atoms with Gasteiger partial charge in [0, 0.05) is 13.1 Å². The highest BCUT2D eigenvalue weighted by Gasteiger charge is 2.12. The summed E-state index contributed by atoms with van der Waals surface area (Å²) in [6.07, 6.45) is 4.46. The van der Waals surface area contributed by atoms with Crippen molar-refractivity contribution in [2.75, 3.05) is 38.3 Å². The Morgan fingerprint density at radius 1 is 1.11 bits per heavy atom. The summed E-state index contributed by atoms with van der Waals surface area (Å²) in [5, 5.41) is 6.81. The Hall–Kier alpha value is -0.830. The van der Waals surface area contributed by atoms with Gasteiger partial charge in [-0.3, -0.25) is 4.99 Å². The monoisotopic (exact) mass is 509 g/mol. The molecule has 0 amide bonds. The van der Waals surface area contributed by atoms with Crippen molar-refractivity contribution in [2.45, 2.75) is 46.6 Å². The van der Waals surface area contributed by atoms with Gasteiger partial charge in [-0.1, -0.05) is 6.07 Å². The Labute approximate surface area is 186 Å². The quantitative estimate of drug-likeness (QED) is 0.182. The van der Waals surface area contributed by atoms with Gasteiger partial charge in [-0.2, -0.15) is 11.8 Å². The molecule has 0 fully saturated rings. The number of hydrogen-bond donors (Lipinski definition) is 2. The van der Waals surface area contributed by atoms with Crippen LogP contribution in [-0.2, 0) is 0 Å². The summed E-state index contributed by atoms with van der Waals surface area (Å²) in [5.41, 5.74) is 1.14. The number of guanidine groups is 1. The van der Waals surface area contributed by atoms with Gasteiger partial charge in [0.05, 0.1) is 19.3 Å². The summed E-state index contributed by atoms with van der Waals surface area (Å²) in [7, 11) is 0. The minimum Gasteiger partial charge on any atom is -0.490 e. The molecule has 0 radical (unpaired) electrons. The second-order valence-corrected chi connectivity index (χ2v) is 6.88. The molecular weight excluding hydrogens is 473 g/mol. The van der Waals surface area contributed by atoms with Gasteiger partial charge >= 0.3 is 0 Å². The zero-order valence-corrected chi connectivity index (χ0v) is 20.5.